The van der Waals surface area contributed by atoms with Gasteiger partial charge in [-0.1, -0.05) is 192 Å². The standard InChI is InChI=1S/C35H64O3S.K/c1-2-3-4-5-6-7-8-9-10-11-12-13-14-15-16-17-18-19-20-21-22-23-24-25-26-27-28-31-34-32-29-30-33-35(34)39(36,37)38;/h29-30,32-33H,2-28,31H2,1H3,(H,36,37,38);/q;+1/p-1. The normalized spacial score (nSPS) is 11.6. The topological polar surface area (TPSA) is 57.2 Å². The van der Waals surface area contributed by atoms with E-state index < -0.39 is 10.1 Å². The number of aryl methyl sites for hydroxylation is 1. The fraction of sp³-hybridized carbons (Fsp3) is 0.829. The summed E-state index contributed by atoms with van der Waals surface area (Å²) in [4.78, 5) is -0.0418. The first-order chi connectivity index (χ1) is 19.1. The van der Waals surface area contributed by atoms with E-state index in [1.807, 2.05) is 6.07 Å². The van der Waals surface area contributed by atoms with Gasteiger partial charge < -0.3 is 4.55 Å². The van der Waals surface area contributed by atoms with Crippen molar-refractivity contribution in [2.45, 2.75) is 192 Å². The van der Waals surface area contributed by atoms with Crippen LogP contribution < -0.4 is 51.4 Å². The first-order valence-corrected chi connectivity index (χ1v) is 18.5. The second kappa shape index (κ2) is 29.8. The van der Waals surface area contributed by atoms with E-state index in [9.17, 15) is 13.0 Å². The van der Waals surface area contributed by atoms with E-state index in [2.05, 4.69) is 6.92 Å². The Balaban J connectivity index is 0.0000152. The molecule has 1 aromatic carbocycles. The van der Waals surface area contributed by atoms with Crippen LogP contribution in [0.2, 0.25) is 0 Å². The van der Waals surface area contributed by atoms with Crippen LogP contribution in [0, 0.1) is 0 Å². The van der Waals surface area contributed by atoms with E-state index in [0.717, 1.165) is 12.8 Å². The van der Waals surface area contributed by atoms with E-state index in [1.54, 1.807) is 12.1 Å². The van der Waals surface area contributed by atoms with Crippen molar-refractivity contribution in [1.29, 1.82) is 0 Å². The Bertz CT molecular complexity index is 766. The van der Waals surface area contributed by atoms with E-state index in [4.69, 9.17) is 0 Å². The average Bonchev–Trinajstić information content (AvgIpc) is 2.92. The summed E-state index contributed by atoms with van der Waals surface area (Å²) in [6.45, 7) is 2.29. The van der Waals surface area contributed by atoms with Crippen molar-refractivity contribution in [2.75, 3.05) is 0 Å². The fourth-order valence-corrected chi connectivity index (χ4v) is 6.50. The molecule has 0 saturated carbocycles. The molecule has 0 radical (unpaired) electrons. The van der Waals surface area contributed by atoms with E-state index in [-0.39, 0.29) is 56.3 Å². The van der Waals surface area contributed by atoms with Crippen molar-refractivity contribution in [3.05, 3.63) is 29.8 Å². The molecule has 0 aliphatic carbocycles. The molecule has 0 fully saturated rings. The van der Waals surface area contributed by atoms with Crippen LogP contribution in [0.25, 0.3) is 0 Å². The molecule has 0 N–H and O–H groups in total. The third kappa shape index (κ3) is 25.3. The van der Waals surface area contributed by atoms with Crippen LogP contribution in [0.15, 0.2) is 29.2 Å². The number of unbranched alkanes of at least 4 members (excludes halogenated alkanes) is 26. The molecule has 5 heteroatoms. The predicted molar refractivity (Wildman–Crippen MR) is 168 cm³/mol. The van der Waals surface area contributed by atoms with Crippen molar-refractivity contribution in [2.24, 2.45) is 0 Å². The second-order valence-electron chi connectivity index (χ2n) is 12.0. The molecule has 0 bridgehead atoms. The van der Waals surface area contributed by atoms with Crippen molar-refractivity contribution in [1.82, 2.24) is 0 Å². The van der Waals surface area contributed by atoms with Gasteiger partial charge in [0.2, 0.25) is 0 Å². The number of rotatable bonds is 29. The summed E-state index contributed by atoms with van der Waals surface area (Å²) in [6.07, 6.45) is 38.0. The number of hydrogen-bond donors (Lipinski definition) is 0. The van der Waals surface area contributed by atoms with E-state index >= 15 is 0 Å². The Hall–Kier alpha value is 0.766. The van der Waals surface area contributed by atoms with Gasteiger partial charge in [-0.05, 0) is 24.5 Å². The maximum Gasteiger partial charge on any atom is 1.00 e. The monoisotopic (exact) mass is 602 g/mol. The summed E-state index contributed by atoms with van der Waals surface area (Å²) in [7, 11) is -4.36. The Kier molecular flexibility index (Phi) is 30.4. The van der Waals surface area contributed by atoms with Crippen molar-refractivity contribution < 1.29 is 64.4 Å². The zero-order valence-electron chi connectivity index (χ0n) is 26.7. The van der Waals surface area contributed by atoms with Crippen LogP contribution in [-0.4, -0.2) is 13.0 Å². The molecule has 0 amide bonds. The summed E-state index contributed by atoms with van der Waals surface area (Å²) in [5.41, 5.74) is 0.673. The molecule has 0 heterocycles. The molecule has 0 spiro atoms. The van der Waals surface area contributed by atoms with Crippen LogP contribution in [0.3, 0.4) is 0 Å². The third-order valence-corrected chi connectivity index (χ3v) is 9.23. The van der Waals surface area contributed by atoms with Gasteiger partial charge in [0.25, 0.3) is 0 Å². The maximum atomic E-state index is 11.4. The van der Waals surface area contributed by atoms with Gasteiger partial charge in [-0.25, -0.2) is 8.42 Å². The Labute approximate surface area is 293 Å². The van der Waals surface area contributed by atoms with Crippen LogP contribution in [0.5, 0.6) is 0 Å². The minimum atomic E-state index is -4.36. The molecule has 0 aliphatic rings. The molecule has 1 aromatic rings. The number of hydrogen-bond acceptors (Lipinski definition) is 3. The minimum Gasteiger partial charge on any atom is -0.744 e. The molecule has 0 aromatic heterocycles. The van der Waals surface area contributed by atoms with Gasteiger partial charge in [0.05, 0.1) is 4.90 Å². The first kappa shape index (κ1) is 40.8. The zero-order chi connectivity index (χ0) is 28.3. The average molecular weight is 603 g/mol. The van der Waals surface area contributed by atoms with Crippen molar-refractivity contribution >= 4 is 10.1 Å². The summed E-state index contributed by atoms with van der Waals surface area (Å²) < 4.78 is 34.1. The zero-order valence-corrected chi connectivity index (χ0v) is 30.7. The largest absolute Gasteiger partial charge is 1.00 e. The molecule has 228 valence electrons. The predicted octanol–water partition coefficient (Wildman–Crippen LogP) is 8.69. The van der Waals surface area contributed by atoms with Gasteiger partial charge in [0.15, 0.2) is 0 Å². The van der Waals surface area contributed by atoms with Gasteiger partial charge in [-0.2, -0.15) is 0 Å². The van der Waals surface area contributed by atoms with Gasteiger partial charge in [-0.15, -0.1) is 0 Å². The summed E-state index contributed by atoms with van der Waals surface area (Å²) in [6, 6.07) is 6.63. The van der Waals surface area contributed by atoms with Crippen LogP contribution in [0.4, 0.5) is 0 Å². The number of benzene rings is 1. The molecular formula is C35H63KO3S. The van der Waals surface area contributed by atoms with Crippen LogP contribution in [0.1, 0.15) is 186 Å². The smallest absolute Gasteiger partial charge is 0.744 e. The summed E-state index contributed by atoms with van der Waals surface area (Å²) in [5.74, 6) is 0. The second-order valence-corrected chi connectivity index (χ2v) is 13.4. The Morgan fingerprint density at radius 2 is 0.750 bits per heavy atom. The van der Waals surface area contributed by atoms with Crippen molar-refractivity contribution in [3.8, 4) is 0 Å². The molecule has 3 nitrogen and oxygen atoms in total. The van der Waals surface area contributed by atoms with Crippen LogP contribution >= 0.6 is 0 Å². The quantitative estimate of drug-likeness (QED) is 0.0524. The minimum absolute atomic E-state index is 0. The van der Waals surface area contributed by atoms with E-state index in [0.29, 0.717) is 12.0 Å². The SMILES string of the molecule is CCCCCCCCCCCCCCCCCCCCCCCCCCCCCc1ccccc1S(=O)(=O)[O-].[K+]. The molecule has 0 atom stereocenters. The van der Waals surface area contributed by atoms with E-state index in [1.165, 1.54) is 167 Å². The van der Waals surface area contributed by atoms with Gasteiger partial charge in [0.1, 0.15) is 10.1 Å². The van der Waals surface area contributed by atoms with Crippen LogP contribution in [-0.2, 0) is 16.5 Å². The Morgan fingerprint density at radius 1 is 0.475 bits per heavy atom. The summed E-state index contributed by atoms with van der Waals surface area (Å²) in [5, 5.41) is 0. The van der Waals surface area contributed by atoms with Gasteiger partial charge in [-0.3, -0.25) is 0 Å². The maximum absolute atomic E-state index is 11.4. The Morgan fingerprint density at radius 3 is 1.05 bits per heavy atom. The van der Waals surface area contributed by atoms with Gasteiger partial charge >= 0.3 is 51.4 Å². The van der Waals surface area contributed by atoms with Crippen molar-refractivity contribution in [3.63, 3.8) is 0 Å². The fourth-order valence-electron chi connectivity index (χ4n) is 5.76. The summed E-state index contributed by atoms with van der Waals surface area (Å²) >= 11 is 0. The first-order valence-electron chi connectivity index (χ1n) is 17.1. The molecule has 0 aliphatic heterocycles. The molecule has 40 heavy (non-hydrogen) atoms. The third-order valence-electron chi connectivity index (χ3n) is 8.29. The molecule has 0 unspecified atom stereocenters. The molecular weight excluding hydrogens is 540 g/mol. The molecule has 1 rings (SSSR count). The van der Waals surface area contributed by atoms with Gasteiger partial charge in [0, 0.05) is 0 Å². The molecule has 0 saturated heterocycles.